The zero-order chi connectivity index (χ0) is 22.5. The van der Waals surface area contributed by atoms with E-state index in [1.807, 2.05) is 4.90 Å². The number of halogens is 2. The fourth-order valence-electron chi connectivity index (χ4n) is 3.41. The van der Waals surface area contributed by atoms with E-state index >= 15 is 0 Å². The Hall–Kier alpha value is -3.17. The van der Waals surface area contributed by atoms with Crippen molar-refractivity contribution in [2.24, 2.45) is 0 Å². The number of para-hydroxylation sites is 1. The monoisotopic (exact) mass is 473 g/mol. The highest BCUT2D eigenvalue weighted by Crippen LogP contribution is 2.21. The summed E-state index contributed by atoms with van der Waals surface area (Å²) in [6.45, 7) is 2.18. The van der Waals surface area contributed by atoms with Gasteiger partial charge in [0.05, 0.1) is 17.8 Å². The number of aromatic nitrogens is 1. The average molecular weight is 474 g/mol. The first kappa shape index (κ1) is 22.0. The zero-order valence-electron chi connectivity index (χ0n) is 17.1. The number of urea groups is 1. The van der Waals surface area contributed by atoms with Crippen molar-refractivity contribution in [2.45, 2.75) is 6.42 Å². The molecule has 0 atom stereocenters. The Kier molecular flexibility index (Phi) is 6.87. The van der Waals surface area contributed by atoms with Crippen molar-refractivity contribution >= 4 is 51.4 Å². The highest BCUT2D eigenvalue weighted by atomic mass is 35.5. The fourth-order valence-corrected chi connectivity index (χ4v) is 4.24. The minimum atomic E-state index is -0.427. The molecule has 32 heavy (non-hydrogen) atoms. The molecule has 2 N–H and O–H groups in total. The van der Waals surface area contributed by atoms with Crippen molar-refractivity contribution in [1.82, 2.24) is 9.88 Å². The molecule has 2 aromatic carbocycles. The number of carbonyl (C=O) groups is 2. The van der Waals surface area contributed by atoms with Gasteiger partial charge in [-0.05, 0) is 36.4 Å². The molecule has 1 aliphatic rings. The van der Waals surface area contributed by atoms with Gasteiger partial charge in [-0.25, -0.2) is 14.2 Å². The maximum Gasteiger partial charge on any atom is 0.325 e. The molecule has 3 amide bonds. The van der Waals surface area contributed by atoms with Crippen molar-refractivity contribution in [2.75, 3.05) is 41.7 Å². The van der Waals surface area contributed by atoms with Crippen molar-refractivity contribution in [3.63, 3.8) is 0 Å². The number of nitrogens with zero attached hydrogens (tertiary/aromatic N) is 3. The molecule has 3 aromatic rings. The Morgan fingerprint density at radius 2 is 1.75 bits per heavy atom. The van der Waals surface area contributed by atoms with Crippen molar-refractivity contribution in [1.29, 1.82) is 0 Å². The molecule has 166 valence electrons. The third-order valence-electron chi connectivity index (χ3n) is 5.03. The largest absolute Gasteiger partial charge is 0.366 e. The number of thiazole rings is 1. The van der Waals surface area contributed by atoms with Gasteiger partial charge in [0, 0.05) is 42.3 Å². The molecule has 1 aromatic heterocycles. The summed E-state index contributed by atoms with van der Waals surface area (Å²) < 4.78 is 14.0. The third kappa shape index (κ3) is 5.54. The summed E-state index contributed by atoms with van der Waals surface area (Å²) in [5.74, 6) is -0.296. The summed E-state index contributed by atoms with van der Waals surface area (Å²) in [6, 6.07) is 13.0. The molecule has 10 heteroatoms. The van der Waals surface area contributed by atoms with E-state index in [4.69, 9.17) is 11.6 Å². The topological polar surface area (TPSA) is 77.6 Å². The van der Waals surface area contributed by atoms with Crippen LogP contribution in [0.15, 0.2) is 53.9 Å². The maximum atomic E-state index is 14.0. The standard InChI is InChI=1S/C22H21ClFN5O2S/c23-15-5-7-16(8-6-15)25-21(31)27-22-26-17(14-32-22)13-20(30)29-11-9-28(10-12-29)19-4-2-1-3-18(19)24/h1-8,14H,9-13H2,(H2,25,26,27,31). The number of amides is 3. The van der Waals surface area contributed by atoms with E-state index in [2.05, 4.69) is 15.6 Å². The second-order valence-corrected chi connectivity index (χ2v) is 8.52. The van der Waals surface area contributed by atoms with Crippen LogP contribution in [0.4, 0.5) is 25.7 Å². The molecule has 0 unspecified atom stereocenters. The van der Waals surface area contributed by atoms with Crippen LogP contribution in [0, 0.1) is 5.82 Å². The quantitative estimate of drug-likeness (QED) is 0.573. The van der Waals surface area contributed by atoms with Crippen LogP contribution in [-0.2, 0) is 11.2 Å². The SMILES string of the molecule is O=C(Nc1ccc(Cl)cc1)Nc1nc(CC(=O)N2CCN(c3ccccc3F)CC2)cs1. The van der Waals surface area contributed by atoms with Gasteiger partial charge in [0.2, 0.25) is 5.91 Å². The van der Waals surface area contributed by atoms with Gasteiger partial charge < -0.3 is 15.1 Å². The Morgan fingerprint density at radius 1 is 1.03 bits per heavy atom. The Morgan fingerprint density at radius 3 is 2.47 bits per heavy atom. The normalized spacial score (nSPS) is 13.7. The minimum Gasteiger partial charge on any atom is -0.366 e. The molecule has 0 radical (unpaired) electrons. The van der Waals surface area contributed by atoms with Crippen molar-refractivity contribution < 1.29 is 14.0 Å². The smallest absolute Gasteiger partial charge is 0.325 e. The number of hydrogen-bond donors (Lipinski definition) is 2. The number of hydrogen-bond acceptors (Lipinski definition) is 5. The molecule has 1 aliphatic heterocycles. The molecule has 7 nitrogen and oxygen atoms in total. The van der Waals surface area contributed by atoms with Crippen molar-refractivity contribution in [3.05, 3.63) is 70.4 Å². The van der Waals surface area contributed by atoms with Gasteiger partial charge in [-0.2, -0.15) is 0 Å². The van der Waals surface area contributed by atoms with Crippen LogP contribution >= 0.6 is 22.9 Å². The first-order valence-electron chi connectivity index (χ1n) is 10.0. The summed E-state index contributed by atoms with van der Waals surface area (Å²) in [4.78, 5) is 32.8. The van der Waals surface area contributed by atoms with E-state index in [-0.39, 0.29) is 18.1 Å². The van der Waals surface area contributed by atoms with Gasteiger partial charge in [-0.1, -0.05) is 23.7 Å². The fraction of sp³-hybridized carbons (Fsp3) is 0.227. The number of benzene rings is 2. The Labute approximate surface area is 193 Å². The van der Waals surface area contributed by atoms with Crippen LogP contribution in [0.5, 0.6) is 0 Å². The van der Waals surface area contributed by atoms with E-state index in [0.29, 0.717) is 53.4 Å². The molecule has 0 spiro atoms. The summed E-state index contributed by atoms with van der Waals surface area (Å²) in [6.07, 6.45) is 0.149. The number of carbonyl (C=O) groups excluding carboxylic acids is 2. The molecule has 0 aliphatic carbocycles. The predicted molar refractivity (Wildman–Crippen MR) is 125 cm³/mol. The molecular weight excluding hydrogens is 453 g/mol. The van der Waals surface area contributed by atoms with Crippen LogP contribution in [-0.4, -0.2) is 48.0 Å². The van der Waals surface area contributed by atoms with Crippen molar-refractivity contribution in [3.8, 4) is 0 Å². The Bertz CT molecular complexity index is 1100. The second-order valence-electron chi connectivity index (χ2n) is 7.23. The first-order chi connectivity index (χ1) is 15.5. The molecular formula is C22H21ClFN5O2S. The minimum absolute atomic E-state index is 0.0411. The summed E-state index contributed by atoms with van der Waals surface area (Å²) in [7, 11) is 0. The van der Waals surface area contributed by atoms with Crippen LogP contribution < -0.4 is 15.5 Å². The third-order valence-corrected chi connectivity index (χ3v) is 6.09. The van der Waals surface area contributed by atoms with Crippen LogP contribution in [0.3, 0.4) is 0 Å². The van der Waals surface area contributed by atoms with E-state index in [9.17, 15) is 14.0 Å². The molecule has 1 saturated heterocycles. The van der Waals surface area contributed by atoms with Gasteiger partial charge in [-0.15, -0.1) is 11.3 Å². The van der Waals surface area contributed by atoms with Gasteiger partial charge in [0.15, 0.2) is 5.13 Å². The number of anilines is 3. The number of rotatable bonds is 5. The van der Waals surface area contributed by atoms with Gasteiger partial charge in [-0.3, -0.25) is 10.1 Å². The second kappa shape index (κ2) is 9.97. The van der Waals surface area contributed by atoms with E-state index < -0.39 is 6.03 Å². The van der Waals surface area contributed by atoms with Gasteiger partial charge in [0.25, 0.3) is 0 Å². The lowest BCUT2D eigenvalue weighted by molar-refractivity contribution is -0.130. The highest BCUT2D eigenvalue weighted by Gasteiger charge is 2.23. The molecule has 0 saturated carbocycles. The maximum absolute atomic E-state index is 14.0. The summed E-state index contributed by atoms with van der Waals surface area (Å²) in [5.41, 5.74) is 1.76. The van der Waals surface area contributed by atoms with Crippen LogP contribution in [0.2, 0.25) is 5.02 Å². The van der Waals surface area contributed by atoms with Gasteiger partial charge in [0.1, 0.15) is 5.82 Å². The molecule has 1 fully saturated rings. The summed E-state index contributed by atoms with van der Waals surface area (Å²) >= 11 is 7.09. The van der Waals surface area contributed by atoms with Crippen LogP contribution in [0.1, 0.15) is 5.69 Å². The number of piperazine rings is 1. The molecule has 0 bridgehead atoms. The van der Waals surface area contributed by atoms with Gasteiger partial charge >= 0.3 is 6.03 Å². The lowest BCUT2D eigenvalue weighted by Gasteiger charge is -2.36. The Balaban J connectivity index is 1.26. The van der Waals surface area contributed by atoms with Crippen LogP contribution in [0.25, 0.3) is 0 Å². The zero-order valence-corrected chi connectivity index (χ0v) is 18.6. The lowest BCUT2D eigenvalue weighted by Crippen LogP contribution is -2.49. The lowest BCUT2D eigenvalue weighted by atomic mass is 10.2. The molecule has 2 heterocycles. The summed E-state index contributed by atoms with van der Waals surface area (Å²) in [5, 5.41) is 8.10. The van der Waals surface area contributed by atoms with E-state index in [0.717, 1.165) is 0 Å². The number of nitrogens with one attached hydrogen (secondary N) is 2. The average Bonchev–Trinajstić information content (AvgIpc) is 3.22. The predicted octanol–water partition coefficient (Wildman–Crippen LogP) is 4.47. The molecule has 4 rings (SSSR count). The van der Waals surface area contributed by atoms with E-state index in [1.165, 1.54) is 17.4 Å². The first-order valence-corrected chi connectivity index (χ1v) is 11.3. The highest BCUT2D eigenvalue weighted by molar-refractivity contribution is 7.14. The van der Waals surface area contributed by atoms with E-state index in [1.54, 1.807) is 52.7 Å².